The molecule has 1 N–H and O–H groups in total. The summed E-state index contributed by atoms with van der Waals surface area (Å²) in [5.41, 5.74) is 0.867. The predicted molar refractivity (Wildman–Crippen MR) is 90.0 cm³/mol. The molecule has 0 radical (unpaired) electrons. The van der Waals surface area contributed by atoms with Gasteiger partial charge < -0.3 is 9.64 Å². The summed E-state index contributed by atoms with van der Waals surface area (Å²) in [7, 11) is 1.86. The number of H-pyrrole nitrogens is 1. The number of ether oxygens (including phenoxy) is 1. The zero-order valence-corrected chi connectivity index (χ0v) is 14.6. The molecule has 2 atom stereocenters. The van der Waals surface area contributed by atoms with Gasteiger partial charge in [-0.1, -0.05) is 0 Å². The molecule has 134 valence electrons. The third-order valence-corrected chi connectivity index (χ3v) is 4.85. The van der Waals surface area contributed by atoms with E-state index in [-0.39, 0.29) is 18.1 Å². The lowest BCUT2D eigenvalue weighted by atomic mass is 10.0. The fourth-order valence-electron chi connectivity index (χ4n) is 3.61. The van der Waals surface area contributed by atoms with Crippen LogP contribution in [0.4, 0.5) is 5.69 Å². The van der Waals surface area contributed by atoms with Gasteiger partial charge in [0.1, 0.15) is 11.9 Å². The Morgan fingerprint density at radius 2 is 2.24 bits per heavy atom. The highest BCUT2D eigenvalue weighted by molar-refractivity contribution is 5.97. The Morgan fingerprint density at radius 1 is 1.36 bits per heavy atom. The van der Waals surface area contributed by atoms with Gasteiger partial charge in [0.05, 0.1) is 24.5 Å². The monoisotopic (exact) mass is 345 g/mol. The van der Waals surface area contributed by atoms with Gasteiger partial charge in [-0.3, -0.25) is 19.5 Å². The van der Waals surface area contributed by atoms with E-state index in [0.717, 1.165) is 37.4 Å². The quantitative estimate of drug-likeness (QED) is 0.866. The topological polar surface area (TPSA) is 92.2 Å². The second kappa shape index (κ2) is 6.57. The Labute approximate surface area is 146 Å². The van der Waals surface area contributed by atoms with Crippen molar-refractivity contribution >= 4 is 11.6 Å². The van der Waals surface area contributed by atoms with Gasteiger partial charge in [-0.25, -0.2) is 4.98 Å². The number of piperidine rings is 1. The summed E-state index contributed by atoms with van der Waals surface area (Å²) in [6.07, 6.45) is 5.29. The van der Waals surface area contributed by atoms with Gasteiger partial charge in [0.25, 0.3) is 0 Å². The number of hydrogen-bond donors (Lipinski definition) is 1. The van der Waals surface area contributed by atoms with Crippen molar-refractivity contribution in [2.45, 2.75) is 31.9 Å². The molecule has 2 saturated heterocycles. The summed E-state index contributed by atoms with van der Waals surface area (Å²) in [5, 5.41) is 11.3. The first kappa shape index (κ1) is 16.2. The van der Waals surface area contributed by atoms with Gasteiger partial charge in [0, 0.05) is 32.9 Å². The summed E-state index contributed by atoms with van der Waals surface area (Å²) in [6.45, 7) is 4.57. The summed E-state index contributed by atoms with van der Waals surface area (Å²) in [4.78, 5) is 21.5. The third kappa shape index (κ3) is 3.16. The van der Waals surface area contributed by atoms with Crippen molar-refractivity contribution in [3.05, 3.63) is 24.0 Å². The molecule has 2 aromatic heterocycles. The number of rotatable bonds is 3. The standard InChI is InChI=1S/C16H23N7O2/c1-11-18-15(20-19-11)14-10-22(6-7-25-14)13-4-3-5-23(16(13)24)12-8-17-21(2)9-12/h8-9,13-14H,3-7,10H2,1-2H3,(H,18,19,20)/t13-,14-/m0/s1. The van der Waals surface area contributed by atoms with E-state index in [4.69, 9.17) is 4.74 Å². The number of nitrogens with zero attached hydrogens (tertiary/aromatic N) is 6. The minimum Gasteiger partial charge on any atom is -0.367 e. The molecule has 0 aromatic carbocycles. The van der Waals surface area contributed by atoms with Crippen molar-refractivity contribution in [3.63, 3.8) is 0 Å². The van der Waals surface area contributed by atoms with E-state index in [9.17, 15) is 4.79 Å². The number of aromatic amines is 1. The molecule has 0 saturated carbocycles. The minimum absolute atomic E-state index is 0.125. The van der Waals surface area contributed by atoms with Crippen LogP contribution in [0.3, 0.4) is 0 Å². The lowest BCUT2D eigenvalue weighted by Crippen LogP contribution is -2.55. The second-order valence-corrected chi connectivity index (χ2v) is 6.65. The van der Waals surface area contributed by atoms with Crippen LogP contribution in [0.15, 0.2) is 12.4 Å². The van der Waals surface area contributed by atoms with Gasteiger partial charge in [-0.05, 0) is 19.8 Å². The van der Waals surface area contributed by atoms with Crippen molar-refractivity contribution in [1.82, 2.24) is 29.9 Å². The first-order valence-corrected chi connectivity index (χ1v) is 8.66. The molecule has 25 heavy (non-hydrogen) atoms. The molecule has 2 fully saturated rings. The smallest absolute Gasteiger partial charge is 0.244 e. The lowest BCUT2D eigenvalue weighted by Gasteiger charge is -2.41. The Balaban J connectivity index is 1.49. The summed E-state index contributed by atoms with van der Waals surface area (Å²) >= 11 is 0. The van der Waals surface area contributed by atoms with Crippen LogP contribution in [0.5, 0.6) is 0 Å². The van der Waals surface area contributed by atoms with E-state index in [2.05, 4.69) is 25.2 Å². The summed E-state index contributed by atoms with van der Waals surface area (Å²) in [6, 6.07) is -0.125. The molecule has 0 spiro atoms. The van der Waals surface area contributed by atoms with Crippen molar-refractivity contribution in [1.29, 1.82) is 0 Å². The summed E-state index contributed by atoms with van der Waals surface area (Å²) in [5.74, 6) is 1.58. The van der Waals surface area contributed by atoms with Crippen LogP contribution in [0.25, 0.3) is 0 Å². The van der Waals surface area contributed by atoms with Gasteiger partial charge in [-0.2, -0.15) is 10.2 Å². The molecule has 0 aliphatic carbocycles. The SMILES string of the molecule is Cc1nc([C@@H]2CN([C@H]3CCCN(c4cnn(C)c4)C3=O)CCO2)n[nH]1. The van der Waals surface area contributed by atoms with Gasteiger partial charge in [0.15, 0.2) is 5.82 Å². The average Bonchev–Trinajstić information content (AvgIpc) is 3.24. The molecule has 4 rings (SSSR count). The zero-order valence-electron chi connectivity index (χ0n) is 14.6. The predicted octanol–water partition coefficient (Wildman–Crippen LogP) is 0.416. The Kier molecular flexibility index (Phi) is 4.26. The maximum absolute atomic E-state index is 13.1. The Hall–Kier alpha value is -2.26. The molecule has 0 bridgehead atoms. The molecule has 2 aromatic rings. The highest BCUT2D eigenvalue weighted by atomic mass is 16.5. The molecular weight excluding hydrogens is 322 g/mol. The first-order chi connectivity index (χ1) is 12.1. The van der Waals surface area contributed by atoms with E-state index in [0.29, 0.717) is 19.0 Å². The second-order valence-electron chi connectivity index (χ2n) is 6.65. The zero-order chi connectivity index (χ0) is 17.4. The number of aromatic nitrogens is 5. The first-order valence-electron chi connectivity index (χ1n) is 8.66. The Morgan fingerprint density at radius 3 is 2.96 bits per heavy atom. The van der Waals surface area contributed by atoms with Crippen LogP contribution in [0, 0.1) is 6.92 Å². The van der Waals surface area contributed by atoms with Gasteiger partial charge in [0.2, 0.25) is 5.91 Å². The van der Waals surface area contributed by atoms with Gasteiger partial charge in [-0.15, -0.1) is 0 Å². The van der Waals surface area contributed by atoms with Crippen LogP contribution < -0.4 is 4.90 Å². The van der Waals surface area contributed by atoms with E-state index in [1.54, 1.807) is 10.9 Å². The van der Waals surface area contributed by atoms with Crippen molar-refractivity contribution in [2.24, 2.45) is 7.05 Å². The normalized spacial score (nSPS) is 25.5. The van der Waals surface area contributed by atoms with Crippen LogP contribution in [-0.4, -0.2) is 68.1 Å². The number of anilines is 1. The number of carbonyl (C=O) groups excluding carboxylic acids is 1. The van der Waals surface area contributed by atoms with Crippen LogP contribution in [0.2, 0.25) is 0 Å². The molecular formula is C16H23N7O2. The van der Waals surface area contributed by atoms with E-state index in [1.165, 1.54) is 0 Å². The molecule has 4 heterocycles. The van der Waals surface area contributed by atoms with Crippen molar-refractivity contribution in [2.75, 3.05) is 31.1 Å². The third-order valence-electron chi connectivity index (χ3n) is 4.85. The molecule has 1 amide bonds. The number of amides is 1. The van der Waals surface area contributed by atoms with Crippen LogP contribution in [-0.2, 0) is 16.6 Å². The molecule has 0 unspecified atom stereocenters. The lowest BCUT2D eigenvalue weighted by molar-refractivity contribution is -0.129. The number of hydrogen-bond acceptors (Lipinski definition) is 6. The Bertz CT molecular complexity index is 755. The highest BCUT2D eigenvalue weighted by Gasteiger charge is 2.37. The minimum atomic E-state index is -0.194. The fraction of sp³-hybridized carbons (Fsp3) is 0.625. The number of morpholine rings is 1. The molecule has 9 heteroatoms. The number of aryl methyl sites for hydroxylation is 2. The van der Waals surface area contributed by atoms with E-state index in [1.807, 2.05) is 25.1 Å². The maximum atomic E-state index is 13.1. The molecule has 2 aliphatic rings. The van der Waals surface area contributed by atoms with Crippen LogP contribution in [0.1, 0.15) is 30.6 Å². The highest BCUT2D eigenvalue weighted by Crippen LogP contribution is 2.27. The maximum Gasteiger partial charge on any atom is 0.244 e. The van der Waals surface area contributed by atoms with Gasteiger partial charge >= 0.3 is 0 Å². The van der Waals surface area contributed by atoms with Crippen molar-refractivity contribution < 1.29 is 9.53 Å². The van der Waals surface area contributed by atoms with Crippen LogP contribution >= 0.6 is 0 Å². The molecule has 9 nitrogen and oxygen atoms in total. The summed E-state index contributed by atoms with van der Waals surface area (Å²) < 4.78 is 7.55. The average molecular weight is 345 g/mol. The fourth-order valence-corrected chi connectivity index (χ4v) is 3.61. The van der Waals surface area contributed by atoms with E-state index < -0.39 is 0 Å². The number of carbonyl (C=O) groups is 1. The number of nitrogens with one attached hydrogen (secondary N) is 1. The van der Waals surface area contributed by atoms with Crippen molar-refractivity contribution in [3.8, 4) is 0 Å². The van der Waals surface area contributed by atoms with E-state index >= 15 is 0 Å². The molecule has 2 aliphatic heterocycles. The largest absolute Gasteiger partial charge is 0.367 e.